The van der Waals surface area contributed by atoms with E-state index in [0.29, 0.717) is 28.3 Å². The van der Waals surface area contributed by atoms with Crippen LogP contribution in [0, 0.1) is 18.7 Å². The van der Waals surface area contributed by atoms with Crippen molar-refractivity contribution in [3.63, 3.8) is 0 Å². The van der Waals surface area contributed by atoms with Crippen molar-refractivity contribution >= 4 is 35.2 Å². The number of aryl methyl sites for hydroxylation is 1. The van der Waals surface area contributed by atoms with Crippen LogP contribution in [-0.4, -0.2) is 64.9 Å². The molecule has 3 aromatic rings. The number of carbonyl (C=O) groups is 3. The van der Waals surface area contributed by atoms with Crippen molar-refractivity contribution in [3.8, 4) is 11.5 Å². The van der Waals surface area contributed by atoms with Crippen LogP contribution in [0.3, 0.4) is 0 Å². The van der Waals surface area contributed by atoms with Crippen molar-refractivity contribution in [2.75, 3.05) is 30.4 Å². The number of halogens is 2. The average molecular weight is 638 g/mol. The summed E-state index contributed by atoms with van der Waals surface area (Å²) in [6, 6.07) is 18.6. The summed E-state index contributed by atoms with van der Waals surface area (Å²) in [6.07, 6.45) is -0.434. The Morgan fingerprint density at radius 1 is 0.978 bits per heavy atom. The first-order chi connectivity index (χ1) is 21.3. The molecule has 0 aliphatic carbocycles. The number of hydrogen-bond donors (Lipinski definition) is 0. The molecule has 240 valence electrons. The lowest BCUT2D eigenvalue weighted by atomic mass is 9.97. The summed E-state index contributed by atoms with van der Waals surface area (Å²) < 4.78 is 25.7. The summed E-state index contributed by atoms with van der Waals surface area (Å²) in [5.41, 5.74) is 0.911. The van der Waals surface area contributed by atoms with Gasteiger partial charge < -0.3 is 19.3 Å². The van der Waals surface area contributed by atoms with Crippen LogP contribution in [0.1, 0.15) is 51.8 Å². The Balaban J connectivity index is 1.71. The van der Waals surface area contributed by atoms with Crippen LogP contribution in [-0.2, 0) is 14.3 Å². The van der Waals surface area contributed by atoms with E-state index in [1.807, 2.05) is 71.9 Å². The van der Waals surface area contributed by atoms with E-state index in [0.717, 1.165) is 0 Å². The first kappa shape index (κ1) is 33.8. The monoisotopic (exact) mass is 637 g/mol. The number of nitrogens with zero attached hydrogens (tertiary/aromatic N) is 3. The van der Waals surface area contributed by atoms with Gasteiger partial charge in [-0.1, -0.05) is 44.2 Å². The molecular weight excluding hydrogens is 597 g/mol. The summed E-state index contributed by atoms with van der Waals surface area (Å²) in [5, 5.41) is 0. The number of ether oxygens (including phenoxy) is 2. The van der Waals surface area contributed by atoms with Gasteiger partial charge >= 0.3 is 6.09 Å². The molecule has 0 saturated carbocycles. The summed E-state index contributed by atoms with van der Waals surface area (Å²) in [5.74, 6) is -0.479. The van der Waals surface area contributed by atoms with Gasteiger partial charge in [-0.15, -0.1) is 11.6 Å². The molecule has 0 N–H and O–H groups in total. The van der Waals surface area contributed by atoms with Crippen molar-refractivity contribution in [1.82, 2.24) is 9.80 Å². The quantitative estimate of drug-likeness (QED) is 0.242. The summed E-state index contributed by atoms with van der Waals surface area (Å²) >= 11 is 6.15. The van der Waals surface area contributed by atoms with Gasteiger partial charge in [0.05, 0.1) is 6.04 Å². The van der Waals surface area contributed by atoms with Gasteiger partial charge in [-0.25, -0.2) is 9.18 Å². The van der Waals surface area contributed by atoms with Crippen molar-refractivity contribution in [2.24, 2.45) is 5.92 Å². The number of carbonyl (C=O) groups excluding carboxylic acids is 3. The third kappa shape index (κ3) is 8.34. The predicted molar refractivity (Wildman–Crippen MR) is 173 cm³/mol. The minimum Gasteiger partial charge on any atom is -0.457 e. The third-order valence-corrected chi connectivity index (χ3v) is 7.82. The Kier molecular flexibility index (Phi) is 10.8. The second kappa shape index (κ2) is 14.3. The topological polar surface area (TPSA) is 79.4 Å². The summed E-state index contributed by atoms with van der Waals surface area (Å²) in [6.45, 7) is 12.0. The zero-order valence-corrected chi connectivity index (χ0v) is 27.4. The Labute approximate surface area is 269 Å². The maximum atomic E-state index is 14.5. The van der Waals surface area contributed by atoms with Crippen molar-refractivity contribution in [2.45, 2.75) is 59.2 Å². The minimum atomic E-state index is -1.14. The van der Waals surface area contributed by atoms with Crippen LogP contribution in [0.4, 0.5) is 14.9 Å². The van der Waals surface area contributed by atoms with Gasteiger partial charge in [0.25, 0.3) is 5.91 Å². The van der Waals surface area contributed by atoms with Crippen LogP contribution in [0.2, 0.25) is 0 Å². The number of alkyl halides is 1. The lowest BCUT2D eigenvalue weighted by Crippen LogP contribution is -2.60. The van der Waals surface area contributed by atoms with Gasteiger partial charge in [0.1, 0.15) is 34.8 Å². The Hall–Kier alpha value is -4.11. The summed E-state index contributed by atoms with van der Waals surface area (Å²) in [4.78, 5) is 46.0. The molecule has 1 heterocycles. The maximum Gasteiger partial charge on any atom is 0.410 e. The lowest BCUT2D eigenvalue weighted by molar-refractivity contribution is -0.137. The van der Waals surface area contributed by atoms with Gasteiger partial charge in [-0.2, -0.15) is 0 Å². The van der Waals surface area contributed by atoms with Crippen LogP contribution in [0.5, 0.6) is 11.5 Å². The third-order valence-electron chi connectivity index (χ3n) is 7.60. The highest BCUT2D eigenvalue weighted by Gasteiger charge is 2.41. The predicted octanol–water partition coefficient (Wildman–Crippen LogP) is 7.34. The number of rotatable bonds is 8. The van der Waals surface area contributed by atoms with Crippen molar-refractivity contribution < 1.29 is 28.2 Å². The van der Waals surface area contributed by atoms with Crippen LogP contribution >= 0.6 is 11.6 Å². The fourth-order valence-corrected chi connectivity index (χ4v) is 5.55. The number of para-hydroxylation sites is 1. The van der Waals surface area contributed by atoms with E-state index in [2.05, 4.69) is 0 Å². The molecule has 4 rings (SSSR count). The molecule has 0 spiro atoms. The summed E-state index contributed by atoms with van der Waals surface area (Å²) in [7, 11) is 0. The van der Waals surface area contributed by atoms with Crippen LogP contribution in [0.15, 0.2) is 72.8 Å². The number of hydrogen-bond acceptors (Lipinski definition) is 5. The van der Waals surface area contributed by atoms with Crippen LogP contribution in [0.25, 0.3) is 0 Å². The Bertz CT molecular complexity index is 1490. The second-order valence-corrected chi connectivity index (χ2v) is 12.8. The molecule has 2 unspecified atom stereocenters. The number of benzene rings is 3. The first-order valence-electron chi connectivity index (χ1n) is 15.0. The molecule has 0 aromatic heterocycles. The molecule has 8 nitrogen and oxygen atoms in total. The molecule has 1 aliphatic heterocycles. The highest BCUT2D eigenvalue weighted by Crippen LogP contribution is 2.36. The molecular formula is C35H41ClFN3O5. The van der Waals surface area contributed by atoms with Gasteiger partial charge in [-0.3, -0.25) is 14.5 Å². The zero-order valence-electron chi connectivity index (χ0n) is 26.6. The van der Waals surface area contributed by atoms with Gasteiger partial charge in [-0.05, 0) is 87.2 Å². The zero-order chi connectivity index (χ0) is 32.9. The van der Waals surface area contributed by atoms with E-state index < -0.39 is 29.5 Å². The Morgan fingerprint density at radius 3 is 2.22 bits per heavy atom. The minimum absolute atomic E-state index is 0.0115. The molecule has 10 heteroatoms. The van der Waals surface area contributed by atoms with E-state index >= 15 is 0 Å². The lowest BCUT2D eigenvalue weighted by Gasteiger charge is -2.45. The number of amides is 3. The van der Waals surface area contributed by atoms with Gasteiger partial charge in [0.2, 0.25) is 5.91 Å². The molecule has 2 atom stereocenters. The molecule has 3 amide bonds. The van der Waals surface area contributed by atoms with E-state index in [9.17, 15) is 18.8 Å². The van der Waals surface area contributed by atoms with Gasteiger partial charge in [0.15, 0.2) is 0 Å². The SMILES string of the molecule is Cc1cc(Oc2ccccc2)ccc1N(C(=O)CCl)C(C(=O)N1CCN(C(=O)OC(C)(C)C)C(C(C)C)C1)c1ccc(F)cc1. The largest absolute Gasteiger partial charge is 0.457 e. The molecule has 0 radical (unpaired) electrons. The number of piperazine rings is 1. The second-order valence-electron chi connectivity index (χ2n) is 12.5. The number of anilines is 1. The van der Waals surface area contributed by atoms with E-state index in [-0.39, 0.29) is 43.4 Å². The smallest absolute Gasteiger partial charge is 0.410 e. The molecule has 1 aliphatic rings. The normalized spacial score (nSPS) is 15.9. The molecule has 0 bridgehead atoms. The maximum absolute atomic E-state index is 14.5. The van der Waals surface area contributed by atoms with E-state index in [1.54, 1.807) is 28.0 Å². The van der Waals surface area contributed by atoms with Crippen molar-refractivity contribution in [1.29, 1.82) is 0 Å². The fraction of sp³-hybridized carbons (Fsp3) is 0.400. The standard InChI is InChI=1S/C35H41ClFN3O5/c1-23(2)30-22-38(18-19-39(30)34(43)45-35(4,5)6)33(42)32(25-12-14-26(37)15-13-25)40(31(41)21-36)29-17-16-28(20-24(29)3)44-27-10-8-7-9-11-27/h7-17,20,23,30,32H,18-19,21-22H2,1-6H3. The molecule has 1 fully saturated rings. The van der Waals surface area contributed by atoms with E-state index in [1.165, 1.54) is 29.2 Å². The average Bonchev–Trinajstić information content (AvgIpc) is 2.99. The Morgan fingerprint density at radius 2 is 1.64 bits per heavy atom. The highest BCUT2D eigenvalue weighted by atomic mass is 35.5. The van der Waals surface area contributed by atoms with Crippen LogP contribution < -0.4 is 9.64 Å². The van der Waals surface area contributed by atoms with Crippen molar-refractivity contribution in [3.05, 3.63) is 89.7 Å². The van der Waals surface area contributed by atoms with Gasteiger partial charge in [0, 0.05) is 25.3 Å². The highest BCUT2D eigenvalue weighted by molar-refractivity contribution is 6.30. The molecule has 1 saturated heterocycles. The molecule has 3 aromatic carbocycles. The molecule has 45 heavy (non-hydrogen) atoms. The first-order valence-corrected chi connectivity index (χ1v) is 15.6. The van der Waals surface area contributed by atoms with E-state index in [4.69, 9.17) is 21.1 Å². The fourth-order valence-electron chi connectivity index (χ4n) is 5.42.